The van der Waals surface area contributed by atoms with Crippen molar-refractivity contribution in [1.29, 1.82) is 0 Å². The van der Waals surface area contributed by atoms with Crippen molar-refractivity contribution in [3.63, 3.8) is 0 Å². The molecule has 0 spiro atoms. The molecule has 3 saturated carbocycles. The molecule has 8 atom stereocenters. The predicted octanol–water partition coefficient (Wildman–Crippen LogP) is 11.6. The average molecular weight is 777 g/mol. The van der Waals surface area contributed by atoms with Gasteiger partial charge in [0, 0.05) is 87.3 Å². The van der Waals surface area contributed by atoms with Gasteiger partial charge in [0.15, 0.2) is 0 Å². The van der Waals surface area contributed by atoms with Gasteiger partial charge >= 0.3 is 0 Å². The first-order valence-corrected chi connectivity index (χ1v) is 18.6. The lowest BCUT2D eigenvalue weighted by atomic mass is 9.47. The van der Waals surface area contributed by atoms with Crippen molar-refractivity contribution in [3.05, 3.63) is 21.6 Å². The molecule has 4 heteroatoms. The summed E-state index contributed by atoms with van der Waals surface area (Å²) >= 11 is 0. The van der Waals surface area contributed by atoms with E-state index in [-0.39, 0.29) is 36.1 Å². The van der Waals surface area contributed by atoms with Crippen LogP contribution in [0.1, 0.15) is 129 Å². The van der Waals surface area contributed by atoms with Crippen molar-refractivity contribution < 1.29 is 40.2 Å². The Balaban J connectivity index is -0.0000000360. The first kappa shape index (κ1) is 45.7. The van der Waals surface area contributed by atoms with Gasteiger partial charge in [-0.05, 0) is 213 Å². The minimum atomic E-state index is -0.532. The van der Waals surface area contributed by atoms with Gasteiger partial charge in [0.05, 0.1) is 11.7 Å². The Labute approximate surface area is 367 Å². The Hall–Kier alpha value is -6.46. The van der Waals surface area contributed by atoms with Crippen molar-refractivity contribution in [3.8, 4) is 155 Å². The van der Waals surface area contributed by atoms with Gasteiger partial charge in [-0.25, -0.2) is 0 Å². The van der Waals surface area contributed by atoms with E-state index in [0.29, 0.717) is 16.7 Å². The highest BCUT2D eigenvalue weighted by Gasteiger charge is 2.59. The van der Waals surface area contributed by atoms with Crippen molar-refractivity contribution in [2.75, 3.05) is 0 Å². The van der Waals surface area contributed by atoms with Gasteiger partial charge < -0.3 is 10.2 Å². The number of allylic oxidation sites excluding steroid dienone is 1. The molecule has 0 heterocycles. The van der Waals surface area contributed by atoms with E-state index in [1.54, 1.807) is 5.57 Å². The van der Waals surface area contributed by atoms with Crippen LogP contribution in [0.25, 0.3) is 0 Å². The van der Waals surface area contributed by atoms with Gasteiger partial charge in [-0.2, -0.15) is 0 Å². The summed E-state index contributed by atoms with van der Waals surface area (Å²) in [5, 5.41) is 20.4. The molecule has 4 rings (SSSR count). The molecule has 0 aromatic heterocycles. The van der Waals surface area contributed by atoms with Gasteiger partial charge in [0.25, 0.3) is 0 Å². The van der Waals surface area contributed by atoms with E-state index in [2.05, 4.69) is 169 Å². The van der Waals surface area contributed by atoms with E-state index in [1.807, 2.05) is 13.8 Å². The molecule has 0 radical (unpaired) electrons. The van der Waals surface area contributed by atoms with E-state index in [1.165, 1.54) is 38.5 Å². The summed E-state index contributed by atoms with van der Waals surface area (Å²) in [6, 6.07) is 0. The Morgan fingerprint density at radius 3 is 1.54 bits per heavy atom. The molecule has 1 unspecified atom stereocenters. The third-order valence-corrected chi connectivity index (χ3v) is 11.5. The molecule has 0 bridgehead atoms. The monoisotopic (exact) mass is 777 g/mol. The number of hydrogen-bond acceptors (Lipinski definition) is 4. The third-order valence-electron chi connectivity index (χ3n) is 11.5. The Bertz CT molecular complexity index is 2230. The summed E-state index contributed by atoms with van der Waals surface area (Å²) in [5.41, 5.74) is 1.91. The lowest BCUT2D eigenvalue weighted by Crippen LogP contribution is -2.50. The molecule has 2 N–H and O–H groups in total. The van der Waals surface area contributed by atoms with Crippen molar-refractivity contribution >= 4 is 0 Å². The van der Waals surface area contributed by atoms with Crippen LogP contribution in [0.4, 0.5) is 0 Å². The molecule has 4 aliphatic carbocycles. The zero-order chi connectivity index (χ0) is 41.3. The molecule has 320 valence electrons. The lowest BCUT2D eigenvalue weighted by Gasteiger charge is -2.58. The maximum absolute atomic E-state index is 10.2. The second-order valence-electron chi connectivity index (χ2n) is 15.3. The zero-order valence-corrected chi connectivity index (χ0v) is 33.0. The Morgan fingerprint density at radius 1 is 0.696 bits per heavy atom. The van der Waals surface area contributed by atoms with Gasteiger partial charge in [0.2, 0.25) is 0 Å². The molecule has 4 nitrogen and oxygen atoms in total. The molecule has 56 heavy (non-hydrogen) atoms. The molecule has 3 fully saturated rings. The van der Waals surface area contributed by atoms with Crippen LogP contribution >= 0.6 is 0 Å². The number of aliphatic hydroxyl groups is 2. The fourth-order valence-corrected chi connectivity index (χ4v) is 9.10. The maximum Gasteiger partial charge on any atom is 0.0591 e. The molecular weight excluding hydrogens is 689 g/mol. The maximum atomic E-state index is 10.2. The quantitative estimate of drug-likeness (QED) is 0.220. The van der Waals surface area contributed by atoms with Gasteiger partial charge in [-0.3, -0.25) is 0 Å². The van der Waals surface area contributed by atoms with E-state index in [9.17, 15) is 10.2 Å². The molecule has 0 aromatic carbocycles. The predicted molar refractivity (Wildman–Crippen MR) is 270 cm³/mol. The van der Waals surface area contributed by atoms with E-state index in [0.717, 1.165) is 49.4 Å². The highest BCUT2D eigenvalue weighted by molar-refractivity contribution is 5.48. The van der Waals surface area contributed by atoms with Crippen LogP contribution in [0, 0.1) is 205 Å². The fraction of sp³-hybridized carbons (Fsp3) is 0.462. The largest absolute Gasteiger partial charge is 0.393 e. The number of rotatable bonds is 4. The SMILES string of the molecule is C#CC#CC#CC#CC#CC#CC#CC#CC#CC#CC#CC#CC#C.CC(CCC(C)(C)O)[C@H]1CC[C@H]2[C@@H]3CC=C4C[C@@H](O)CC[C@]4(C)[C@H]3CC[C@]12C.O=O.[HH].[HH].[HH].[HH].[HH].[HH].[HH].[HH].[HH].[HH].[HH].[HH].[HH].[HH].[HH].[HH].[HH].[HH].[HH].[HH].[HH]. The summed E-state index contributed by atoms with van der Waals surface area (Å²) in [6.45, 7) is 11.5. The lowest BCUT2D eigenvalue weighted by molar-refractivity contribution is -0.0585. The normalized spacial score (nSPS) is 25.3. The van der Waals surface area contributed by atoms with Crippen molar-refractivity contribution in [2.45, 2.75) is 111 Å². The first-order chi connectivity index (χ1) is 27.0. The summed E-state index contributed by atoms with van der Waals surface area (Å²) in [7, 11) is 0. The van der Waals surface area contributed by atoms with E-state index < -0.39 is 5.60 Å². The highest BCUT2D eigenvalue weighted by Crippen LogP contribution is 2.67. The number of fused-ring (bicyclic) bond motifs is 5. The first-order valence-electron chi connectivity index (χ1n) is 18.6. The van der Waals surface area contributed by atoms with Crippen LogP contribution in [0.15, 0.2) is 11.6 Å². The Morgan fingerprint density at radius 2 is 1.12 bits per heavy atom. The van der Waals surface area contributed by atoms with Crippen LogP contribution in [0.2, 0.25) is 0 Å². The van der Waals surface area contributed by atoms with Gasteiger partial charge in [-0.15, -0.1) is 12.8 Å². The van der Waals surface area contributed by atoms with Gasteiger partial charge in [0.1, 0.15) is 0 Å². The zero-order valence-electron chi connectivity index (χ0n) is 33.0. The number of hydrogen-bond donors (Lipinski definition) is 2. The molecule has 4 aliphatic rings. The second kappa shape index (κ2) is 24.0. The van der Waals surface area contributed by atoms with Crippen LogP contribution in [-0.4, -0.2) is 21.9 Å². The minimum absolute atomic E-state index is 0. The van der Waals surface area contributed by atoms with E-state index >= 15 is 0 Å². The number of terminal acetylenes is 2. The fourth-order valence-electron chi connectivity index (χ4n) is 9.10. The molecular formula is C52H88O4. The van der Waals surface area contributed by atoms with Crippen LogP contribution < -0.4 is 0 Å². The summed E-state index contributed by atoms with van der Waals surface area (Å²) in [5.74, 6) is 62.3. The highest BCUT2D eigenvalue weighted by atomic mass is 16.7. The average Bonchev–Trinajstić information content (AvgIpc) is 3.54. The summed E-state index contributed by atoms with van der Waals surface area (Å²) in [4.78, 5) is 14.0. The van der Waals surface area contributed by atoms with E-state index in [4.69, 9.17) is 22.8 Å². The smallest absolute Gasteiger partial charge is 0.0591 e. The standard InChI is InChI=1S/C26H44O2.C26H2.O2.21H2/c1-17(10-13-24(2,3)28)21-8-9-22-20-7-6-18-16-19(27)11-14-25(18,4)23(20)12-15-26(21,22)5;1-3-5-7-9-11-13-15-17-19-21-23-25-26-24-22-20-18-16-14-12-10-8-6-4-2;1-2;;;;;;;;;;;;;;;;;;;;;/h6,17,19-23,27-28H,7-16H2,1-5H3;1-2H;;21*1H/t17?,19-,20-,21+,22-,23-,25-,26+;;;;;;;;;;;;;;;;;;;;;;;/m0......................./s1. The van der Waals surface area contributed by atoms with Crippen molar-refractivity contribution in [1.82, 2.24) is 0 Å². The summed E-state index contributed by atoms with van der Waals surface area (Å²) in [6.07, 6.45) is 24.3. The molecule has 0 aromatic rings. The van der Waals surface area contributed by atoms with Crippen molar-refractivity contribution in [2.24, 2.45) is 40.4 Å². The molecule has 0 aliphatic heterocycles. The molecule has 0 saturated heterocycles. The topological polar surface area (TPSA) is 74.6 Å². The minimum Gasteiger partial charge on any atom is -0.393 e. The Kier molecular flexibility index (Phi) is 19.6. The van der Waals surface area contributed by atoms with Gasteiger partial charge in [-0.1, -0.05) is 32.4 Å². The summed E-state index contributed by atoms with van der Waals surface area (Å²) < 4.78 is 0. The van der Waals surface area contributed by atoms with Crippen LogP contribution in [0.3, 0.4) is 0 Å². The third kappa shape index (κ3) is 14.4. The number of aliphatic hydroxyl groups excluding tert-OH is 1. The second-order valence-corrected chi connectivity index (χ2v) is 15.3. The molecule has 0 amide bonds. The van der Waals surface area contributed by atoms with Crippen LogP contribution in [-0.2, 0) is 0 Å². The van der Waals surface area contributed by atoms with Crippen LogP contribution in [0.5, 0.6) is 0 Å².